The van der Waals surface area contributed by atoms with E-state index >= 15 is 0 Å². The molecule has 9 heteroatoms. The molecule has 1 aliphatic rings. The van der Waals surface area contributed by atoms with Crippen LogP contribution in [0.25, 0.3) is 0 Å². The van der Waals surface area contributed by atoms with Gasteiger partial charge in [0.1, 0.15) is 0 Å². The van der Waals surface area contributed by atoms with Crippen LogP contribution in [0.5, 0.6) is 0 Å². The zero-order valence-corrected chi connectivity index (χ0v) is 16.6. The third-order valence-corrected chi connectivity index (χ3v) is 6.41. The summed E-state index contributed by atoms with van der Waals surface area (Å²) in [6.07, 6.45) is 1.75. The molecular weight excluding hydrogens is 370 g/mol. The molecule has 1 heterocycles. The fourth-order valence-corrected chi connectivity index (χ4v) is 4.41. The van der Waals surface area contributed by atoms with Gasteiger partial charge in [0.05, 0.1) is 11.5 Å². The molecule has 0 unspecified atom stereocenters. The Hall–Kier alpha value is -1.97. The van der Waals surface area contributed by atoms with Gasteiger partial charge in [0.2, 0.25) is 15.9 Å². The predicted molar refractivity (Wildman–Crippen MR) is 101 cm³/mol. The maximum Gasteiger partial charge on any atom is 0.251 e. The van der Waals surface area contributed by atoms with Crippen molar-refractivity contribution in [2.45, 2.75) is 24.7 Å². The standard InChI is InChI=1S/C18H27N3O5S/c1-15(22)20(13-14-26-2)12-9-19-18(23)16-5-7-17(8-6-16)27(24,25)21-10-3-4-11-21/h5-8H,3-4,9-14H2,1-2H3,(H,19,23). The Morgan fingerprint density at radius 2 is 1.78 bits per heavy atom. The van der Waals surface area contributed by atoms with Crippen molar-refractivity contribution in [3.05, 3.63) is 29.8 Å². The number of ether oxygens (including phenoxy) is 1. The van der Waals surface area contributed by atoms with E-state index in [1.54, 1.807) is 12.0 Å². The second-order valence-corrected chi connectivity index (χ2v) is 8.33. The van der Waals surface area contributed by atoms with Gasteiger partial charge in [-0.25, -0.2) is 8.42 Å². The Morgan fingerprint density at radius 3 is 2.33 bits per heavy atom. The van der Waals surface area contributed by atoms with Crippen LogP contribution >= 0.6 is 0 Å². The number of hydrogen-bond donors (Lipinski definition) is 1. The summed E-state index contributed by atoms with van der Waals surface area (Å²) in [5, 5.41) is 2.74. The Morgan fingerprint density at radius 1 is 1.15 bits per heavy atom. The Bertz CT molecular complexity index is 743. The van der Waals surface area contributed by atoms with Crippen LogP contribution in [-0.4, -0.2) is 75.9 Å². The van der Waals surface area contributed by atoms with Gasteiger partial charge in [0.25, 0.3) is 5.91 Å². The van der Waals surface area contributed by atoms with Gasteiger partial charge in [-0.3, -0.25) is 9.59 Å². The number of hydrogen-bond acceptors (Lipinski definition) is 5. The van der Waals surface area contributed by atoms with Crippen molar-refractivity contribution in [2.24, 2.45) is 0 Å². The second kappa shape index (κ2) is 9.82. The maximum absolute atomic E-state index is 12.5. The molecule has 1 aromatic rings. The van der Waals surface area contributed by atoms with E-state index in [2.05, 4.69) is 5.32 Å². The third-order valence-electron chi connectivity index (χ3n) is 4.50. The van der Waals surface area contributed by atoms with Crippen LogP contribution in [0.1, 0.15) is 30.1 Å². The molecule has 27 heavy (non-hydrogen) atoms. The largest absolute Gasteiger partial charge is 0.383 e. The molecule has 1 aromatic carbocycles. The Kier molecular flexibility index (Phi) is 7.76. The predicted octanol–water partition coefficient (Wildman–Crippen LogP) is 0.696. The van der Waals surface area contributed by atoms with E-state index < -0.39 is 10.0 Å². The summed E-state index contributed by atoms with van der Waals surface area (Å²) in [5.74, 6) is -0.395. The molecular formula is C18H27N3O5S. The minimum Gasteiger partial charge on any atom is -0.383 e. The first-order valence-electron chi connectivity index (χ1n) is 8.99. The summed E-state index contributed by atoms with van der Waals surface area (Å²) in [6.45, 7) is 4.13. The van der Waals surface area contributed by atoms with Crippen molar-refractivity contribution in [3.63, 3.8) is 0 Å². The van der Waals surface area contributed by atoms with Gasteiger partial charge in [-0.2, -0.15) is 4.31 Å². The monoisotopic (exact) mass is 397 g/mol. The fourth-order valence-electron chi connectivity index (χ4n) is 2.89. The van der Waals surface area contributed by atoms with E-state index in [9.17, 15) is 18.0 Å². The summed E-state index contributed by atoms with van der Waals surface area (Å²) < 4.78 is 31.4. The van der Waals surface area contributed by atoms with Gasteiger partial charge < -0.3 is 15.0 Å². The van der Waals surface area contributed by atoms with Crippen molar-refractivity contribution >= 4 is 21.8 Å². The van der Waals surface area contributed by atoms with Crippen LogP contribution in [0.15, 0.2) is 29.2 Å². The molecule has 1 saturated heterocycles. The van der Waals surface area contributed by atoms with Gasteiger partial charge in [-0.15, -0.1) is 0 Å². The number of nitrogens with one attached hydrogen (secondary N) is 1. The minimum absolute atomic E-state index is 0.0854. The molecule has 1 aliphatic heterocycles. The van der Waals surface area contributed by atoms with Crippen LogP contribution in [-0.2, 0) is 19.6 Å². The van der Waals surface area contributed by atoms with E-state index in [-0.39, 0.29) is 16.7 Å². The van der Waals surface area contributed by atoms with Gasteiger partial charge in [0, 0.05) is 52.3 Å². The third kappa shape index (κ3) is 5.75. The van der Waals surface area contributed by atoms with Crippen LogP contribution in [0.3, 0.4) is 0 Å². The summed E-state index contributed by atoms with van der Waals surface area (Å²) in [5.41, 5.74) is 0.377. The number of rotatable bonds is 9. The zero-order chi connectivity index (χ0) is 19.9. The molecule has 1 N–H and O–H groups in total. The molecule has 0 aromatic heterocycles. The van der Waals surface area contributed by atoms with Crippen molar-refractivity contribution < 1.29 is 22.7 Å². The number of amides is 2. The van der Waals surface area contributed by atoms with Gasteiger partial charge >= 0.3 is 0 Å². The average molecular weight is 397 g/mol. The highest BCUT2D eigenvalue weighted by molar-refractivity contribution is 7.89. The first-order valence-corrected chi connectivity index (χ1v) is 10.4. The number of benzene rings is 1. The number of carbonyl (C=O) groups is 2. The molecule has 0 bridgehead atoms. The van der Waals surface area contributed by atoms with E-state index in [4.69, 9.17) is 4.74 Å². The Labute approximate surface area is 160 Å². The topological polar surface area (TPSA) is 96.0 Å². The normalized spacial score (nSPS) is 14.9. The lowest BCUT2D eigenvalue weighted by molar-refractivity contribution is -0.129. The molecule has 2 rings (SSSR count). The molecule has 0 spiro atoms. The maximum atomic E-state index is 12.5. The molecule has 2 amide bonds. The Balaban J connectivity index is 1.90. The van der Waals surface area contributed by atoms with Crippen LogP contribution < -0.4 is 5.32 Å². The van der Waals surface area contributed by atoms with Crippen LogP contribution in [0.4, 0.5) is 0 Å². The van der Waals surface area contributed by atoms with Crippen molar-refractivity contribution in [3.8, 4) is 0 Å². The van der Waals surface area contributed by atoms with Crippen molar-refractivity contribution in [2.75, 3.05) is 46.4 Å². The minimum atomic E-state index is -3.48. The fraction of sp³-hybridized carbons (Fsp3) is 0.556. The van der Waals surface area contributed by atoms with Gasteiger partial charge in [-0.1, -0.05) is 0 Å². The molecule has 0 aliphatic carbocycles. The van der Waals surface area contributed by atoms with Gasteiger partial charge in [0.15, 0.2) is 0 Å². The summed E-state index contributed by atoms with van der Waals surface area (Å²) in [6, 6.07) is 5.93. The lowest BCUT2D eigenvalue weighted by atomic mass is 10.2. The molecule has 0 radical (unpaired) electrons. The highest BCUT2D eigenvalue weighted by Gasteiger charge is 2.27. The lowest BCUT2D eigenvalue weighted by Crippen LogP contribution is -2.39. The number of sulfonamides is 1. The SMILES string of the molecule is COCCN(CCNC(=O)c1ccc(S(=O)(=O)N2CCCC2)cc1)C(C)=O. The lowest BCUT2D eigenvalue weighted by Gasteiger charge is -2.20. The highest BCUT2D eigenvalue weighted by atomic mass is 32.2. The molecule has 0 saturated carbocycles. The average Bonchev–Trinajstić information content (AvgIpc) is 3.19. The van der Waals surface area contributed by atoms with E-state index in [1.807, 2.05) is 0 Å². The first kappa shape index (κ1) is 21.3. The molecule has 150 valence electrons. The first-order chi connectivity index (χ1) is 12.9. The summed E-state index contributed by atoms with van der Waals surface area (Å²) >= 11 is 0. The highest BCUT2D eigenvalue weighted by Crippen LogP contribution is 2.21. The van der Waals surface area contributed by atoms with Crippen LogP contribution in [0.2, 0.25) is 0 Å². The van der Waals surface area contributed by atoms with E-state index in [1.165, 1.54) is 35.5 Å². The second-order valence-electron chi connectivity index (χ2n) is 6.39. The number of nitrogens with zero attached hydrogens (tertiary/aromatic N) is 2. The molecule has 0 atom stereocenters. The van der Waals surface area contributed by atoms with E-state index in [0.717, 1.165) is 12.8 Å². The van der Waals surface area contributed by atoms with Gasteiger partial charge in [-0.05, 0) is 37.1 Å². The summed E-state index contributed by atoms with van der Waals surface area (Å²) in [4.78, 5) is 25.6. The van der Waals surface area contributed by atoms with Crippen LogP contribution in [0, 0.1) is 0 Å². The number of methoxy groups -OCH3 is 1. The number of carbonyl (C=O) groups excluding carboxylic acids is 2. The summed E-state index contributed by atoms with van der Waals surface area (Å²) in [7, 11) is -1.92. The molecule has 8 nitrogen and oxygen atoms in total. The van der Waals surface area contributed by atoms with E-state index in [0.29, 0.717) is 44.9 Å². The van der Waals surface area contributed by atoms with Crippen molar-refractivity contribution in [1.29, 1.82) is 0 Å². The van der Waals surface area contributed by atoms with Crippen molar-refractivity contribution in [1.82, 2.24) is 14.5 Å². The smallest absolute Gasteiger partial charge is 0.251 e. The zero-order valence-electron chi connectivity index (χ0n) is 15.8. The quantitative estimate of drug-likeness (QED) is 0.662. The molecule has 1 fully saturated rings.